The van der Waals surface area contributed by atoms with E-state index in [-0.39, 0.29) is 31.8 Å². The first kappa shape index (κ1) is 21.9. The molecule has 0 aliphatic heterocycles. The van der Waals surface area contributed by atoms with E-state index in [9.17, 15) is 26.7 Å². The summed E-state index contributed by atoms with van der Waals surface area (Å²) in [6.45, 7) is 2.54. The van der Waals surface area contributed by atoms with Crippen LogP contribution in [0.15, 0.2) is 0 Å². The summed E-state index contributed by atoms with van der Waals surface area (Å²) in [6.07, 6.45) is -7.38. The second kappa shape index (κ2) is 8.76. The highest BCUT2D eigenvalue weighted by Crippen LogP contribution is 2.27. The second-order valence-electron chi connectivity index (χ2n) is 6.13. The summed E-state index contributed by atoms with van der Waals surface area (Å²) in [4.78, 5) is 20.7. The van der Waals surface area contributed by atoms with E-state index in [1.54, 1.807) is 6.92 Å². The van der Waals surface area contributed by atoms with Gasteiger partial charge in [0.1, 0.15) is 0 Å². The second-order valence-corrected chi connectivity index (χ2v) is 6.13. The van der Waals surface area contributed by atoms with Crippen molar-refractivity contribution in [3.05, 3.63) is 22.8 Å². The number of nitrogens with zero attached hydrogens (tertiary/aromatic N) is 5. The van der Waals surface area contributed by atoms with Gasteiger partial charge in [0.05, 0.1) is 13.2 Å². The monoisotopic (exact) mass is 409 g/mol. The number of fused-ring (bicyclic) bond motifs is 1. The molecule has 7 nitrogen and oxygen atoms in total. The lowest BCUT2D eigenvalue weighted by Crippen LogP contribution is -2.37. The highest BCUT2D eigenvalue weighted by molar-refractivity contribution is 5.76. The molecule has 0 saturated carbocycles. The smallest absolute Gasteiger partial charge is 0.383 e. The first-order valence-electron chi connectivity index (χ1n) is 8.39. The van der Waals surface area contributed by atoms with Gasteiger partial charge in [-0.15, -0.1) is 5.10 Å². The minimum absolute atomic E-state index is 0.0208. The van der Waals surface area contributed by atoms with Crippen molar-refractivity contribution in [2.45, 2.75) is 39.3 Å². The third-order valence-electron chi connectivity index (χ3n) is 4.17. The molecule has 0 unspecified atom stereocenters. The molecular weight excluding hydrogens is 389 g/mol. The van der Waals surface area contributed by atoms with Crippen LogP contribution >= 0.6 is 0 Å². The Hall–Kier alpha value is -2.37. The topological polar surface area (TPSA) is 72.6 Å². The van der Waals surface area contributed by atoms with Crippen LogP contribution < -0.4 is 0 Å². The molecule has 2 heterocycles. The van der Waals surface area contributed by atoms with Gasteiger partial charge in [-0.2, -0.15) is 18.2 Å². The Bertz CT molecular complexity index is 837. The minimum Gasteiger partial charge on any atom is -0.383 e. The summed E-state index contributed by atoms with van der Waals surface area (Å²) in [5.74, 6) is -2.01. The van der Waals surface area contributed by atoms with Crippen LogP contribution in [0.2, 0.25) is 0 Å². The SMILES string of the molecule is COCCN(CC(F)F)C(=O)CCc1c(C)nc2nc(C(F)(F)F)nn2c1C. The first-order chi connectivity index (χ1) is 13.0. The fourth-order valence-electron chi connectivity index (χ4n) is 2.77. The van der Waals surface area contributed by atoms with E-state index in [0.717, 1.165) is 9.42 Å². The van der Waals surface area contributed by atoms with Crippen LogP contribution in [0.4, 0.5) is 22.0 Å². The van der Waals surface area contributed by atoms with Crippen LogP contribution in [0, 0.1) is 13.8 Å². The number of aryl methyl sites for hydroxylation is 2. The number of alkyl halides is 5. The largest absolute Gasteiger partial charge is 0.453 e. The van der Waals surface area contributed by atoms with Crippen molar-refractivity contribution in [3.63, 3.8) is 0 Å². The molecule has 0 bridgehead atoms. The number of ether oxygens (including phenoxy) is 1. The number of amides is 1. The van der Waals surface area contributed by atoms with Crippen LogP contribution in [-0.2, 0) is 22.1 Å². The Kier molecular flexibility index (Phi) is 6.86. The standard InChI is InChI=1S/C16H20F5N5O2/c1-9-11(4-5-13(27)25(6-7-28-3)8-12(17)18)10(2)26-15(22-9)23-14(24-26)16(19,20)21/h12H,4-8H2,1-3H3. The van der Waals surface area contributed by atoms with Crippen LogP contribution in [0.25, 0.3) is 5.78 Å². The lowest BCUT2D eigenvalue weighted by molar-refractivity contribution is -0.144. The predicted octanol–water partition coefficient (Wildman–Crippen LogP) is 2.43. The highest BCUT2D eigenvalue weighted by atomic mass is 19.4. The first-order valence-corrected chi connectivity index (χ1v) is 8.39. The van der Waals surface area contributed by atoms with Crippen LogP contribution in [0.3, 0.4) is 0 Å². The summed E-state index contributed by atoms with van der Waals surface area (Å²) in [7, 11) is 1.39. The number of carbonyl (C=O) groups is 1. The maximum atomic E-state index is 12.8. The summed E-state index contributed by atoms with van der Waals surface area (Å²) in [6, 6.07) is 0. The van der Waals surface area contributed by atoms with Crippen molar-refractivity contribution in [3.8, 4) is 0 Å². The summed E-state index contributed by atoms with van der Waals surface area (Å²) in [5, 5.41) is 3.43. The molecule has 0 saturated heterocycles. The zero-order valence-electron chi connectivity index (χ0n) is 15.6. The average Bonchev–Trinajstić information content (AvgIpc) is 3.02. The average molecular weight is 409 g/mol. The maximum Gasteiger partial charge on any atom is 0.453 e. The fraction of sp³-hybridized carbons (Fsp3) is 0.625. The van der Waals surface area contributed by atoms with Gasteiger partial charge in [-0.05, 0) is 25.8 Å². The molecule has 0 aliphatic carbocycles. The third kappa shape index (κ3) is 5.12. The molecule has 28 heavy (non-hydrogen) atoms. The van der Waals surface area contributed by atoms with Crippen molar-refractivity contribution >= 4 is 11.7 Å². The number of hydrogen-bond acceptors (Lipinski definition) is 5. The van der Waals surface area contributed by atoms with Crippen molar-refractivity contribution in [2.75, 3.05) is 26.8 Å². The molecule has 0 aliphatic rings. The van der Waals surface area contributed by atoms with Gasteiger partial charge >= 0.3 is 6.18 Å². The highest BCUT2D eigenvalue weighted by Gasteiger charge is 2.37. The van der Waals surface area contributed by atoms with Crippen molar-refractivity contribution in [2.24, 2.45) is 0 Å². The van der Waals surface area contributed by atoms with E-state index in [2.05, 4.69) is 15.1 Å². The normalized spacial score (nSPS) is 12.2. The van der Waals surface area contributed by atoms with Gasteiger partial charge < -0.3 is 9.64 Å². The number of methoxy groups -OCH3 is 1. The molecule has 12 heteroatoms. The lowest BCUT2D eigenvalue weighted by atomic mass is 10.1. The fourth-order valence-corrected chi connectivity index (χ4v) is 2.77. The van der Waals surface area contributed by atoms with Gasteiger partial charge in [-0.1, -0.05) is 0 Å². The van der Waals surface area contributed by atoms with E-state index in [4.69, 9.17) is 4.74 Å². The van der Waals surface area contributed by atoms with Crippen LogP contribution in [0.5, 0.6) is 0 Å². The number of carbonyl (C=O) groups excluding carboxylic acids is 1. The molecule has 0 N–H and O–H groups in total. The maximum absolute atomic E-state index is 12.8. The zero-order valence-corrected chi connectivity index (χ0v) is 15.6. The third-order valence-corrected chi connectivity index (χ3v) is 4.17. The quantitative estimate of drug-likeness (QED) is 0.627. The van der Waals surface area contributed by atoms with Gasteiger partial charge in [0, 0.05) is 31.5 Å². The lowest BCUT2D eigenvalue weighted by Gasteiger charge is -2.22. The van der Waals surface area contributed by atoms with E-state index in [1.807, 2.05) is 0 Å². The van der Waals surface area contributed by atoms with Crippen molar-refractivity contribution < 1.29 is 31.5 Å². The van der Waals surface area contributed by atoms with E-state index in [0.29, 0.717) is 17.0 Å². The Balaban J connectivity index is 2.22. The zero-order chi connectivity index (χ0) is 21.1. The minimum atomic E-state index is -4.71. The van der Waals surface area contributed by atoms with E-state index in [1.165, 1.54) is 14.0 Å². The van der Waals surface area contributed by atoms with Gasteiger partial charge in [-0.25, -0.2) is 18.3 Å². The predicted molar refractivity (Wildman–Crippen MR) is 88.0 cm³/mol. The van der Waals surface area contributed by atoms with Gasteiger partial charge in [0.15, 0.2) is 0 Å². The number of aromatic nitrogens is 4. The molecule has 2 aromatic heterocycles. The summed E-state index contributed by atoms with van der Waals surface area (Å²) >= 11 is 0. The van der Waals surface area contributed by atoms with Crippen LogP contribution in [0.1, 0.15) is 29.2 Å². The molecular formula is C16H20F5N5O2. The molecule has 156 valence electrons. The molecule has 1 amide bonds. The summed E-state index contributed by atoms with van der Waals surface area (Å²) in [5.41, 5.74) is 1.27. The molecule has 0 aromatic carbocycles. The summed E-state index contributed by atoms with van der Waals surface area (Å²) < 4.78 is 69.6. The van der Waals surface area contributed by atoms with Gasteiger partial charge in [0.25, 0.3) is 18.0 Å². The molecule has 2 aromatic rings. The van der Waals surface area contributed by atoms with Crippen molar-refractivity contribution in [1.82, 2.24) is 24.5 Å². The Morgan fingerprint density at radius 3 is 2.50 bits per heavy atom. The molecule has 0 radical (unpaired) electrons. The number of halogens is 5. The Labute approximate surface area is 157 Å². The van der Waals surface area contributed by atoms with E-state index >= 15 is 0 Å². The Morgan fingerprint density at radius 2 is 1.93 bits per heavy atom. The number of rotatable bonds is 8. The molecule has 0 spiro atoms. The molecule has 0 atom stereocenters. The Morgan fingerprint density at radius 1 is 1.25 bits per heavy atom. The van der Waals surface area contributed by atoms with Crippen LogP contribution in [-0.4, -0.2) is 63.6 Å². The van der Waals surface area contributed by atoms with Gasteiger partial charge in [-0.3, -0.25) is 4.79 Å². The van der Waals surface area contributed by atoms with E-state index < -0.39 is 30.9 Å². The number of hydrogen-bond donors (Lipinski definition) is 0. The van der Waals surface area contributed by atoms with Gasteiger partial charge in [0.2, 0.25) is 5.91 Å². The van der Waals surface area contributed by atoms with Crippen molar-refractivity contribution in [1.29, 1.82) is 0 Å². The molecule has 2 rings (SSSR count). The molecule has 0 fully saturated rings.